The molecule has 0 aromatic carbocycles. The summed E-state index contributed by atoms with van der Waals surface area (Å²) in [6.45, 7) is 1.29. The van der Waals surface area contributed by atoms with Gasteiger partial charge in [0.15, 0.2) is 17.2 Å². The zero-order valence-corrected chi connectivity index (χ0v) is 16.9. The molecule has 1 saturated heterocycles. The SMILES string of the molecule is CC1(COP(O)(O)=S)OC(C)(n2cnc3c(N)ncnc32)C(C)(O)C1(C)O. The van der Waals surface area contributed by atoms with E-state index in [0.29, 0.717) is 11.2 Å². The molecule has 0 radical (unpaired) electrons. The van der Waals surface area contributed by atoms with Crippen molar-refractivity contribution in [3.63, 3.8) is 0 Å². The van der Waals surface area contributed by atoms with Crippen LogP contribution in [0, 0.1) is 0 Å². The summed E-state index contributed by atoms with van der Waals surface area (Å²) in [4.78, 5) is 31.0. The molecule has 0 saturated carbocycles. The van der Waals surface area contributed by atoms with Crippen LogP contribution in [0.1, 0.15) is 27.7 Å². The van der Waals surface area contributed by atoms with Gasteiger partial charge >= 0.3 is 6.72 Å². The molecule has 1 aliphatic heterocycles. The largest absolute Gasteiger partial charge is 0.384 e. The molecule has 4 atom stereocenters. The van der Waals surface area contributed by atoms with E-state index in [-0.39, 0.29) is 5.82 Å². The molecule has 11 nitrogen and oxygen atoms in total. The molecule has 1 fully saturated rings. The van der Waals surface area contributed by atoms with E-state index in [2.05, 4.69) is 26.8 Å². The lowest BCUT2D eigenvalue weighted by Gasteiger charge is -2.42. The zero-order valence-electron chi connectivity index (χ0n) is 15.2. The molecule has 4 unspecified atom stereocenters. The van der Waals surface area contributed by atoms with E-state index in [0.717, 1.165) is 0 Å². The van der Waals surface area contributed by atoms with Crippen LogP contribution in [-0.2, 0) is 26.8 Å². The van der Waals surface area contributed by atoms with Crippen LogP contribution < -0.4 is 5.73 Å². The van der Waals surface area contributed by atoms with Gasteiger partial charge in [-0.3, -0.25) is 4.57 Å². The first kappa shape index (κ1) is 20.5. The highest BCUT2D eigenvalue weighted by atomic mass is 32.5. The van der Waals surface area contributed by atoms with Crippen LogP contribution >= 0.6 is 6.72 Å². The fourth-order valence-electron chi connectivity index (χ4n) is 3.43. The van der Waals surface area contributed by atoms with Crippen LogP contribution in [0.15, 0.2) is 12.7 Å². The third-order valence-corrected chi connectivity index (χ3v) is 6.42. The lowest BCUT2D eigenvalue weighted by molar-refractivity contribution is -0.191. The number of nitrogens with zero attached hydrogens (tertiary/aromatic N) is 4. The van der Waals surface area contributed by atoms with Crippen molar-refractivity contribution in [2.45, 2.75) is 50.2 Å². The molecule has 1 aliphatic rings. The predicted octanol–water partition coefficient (Wildman–Crippen LogP) is -0.402. The Hall–Kier alpha value is -1.24. The Labute approximate surface area is 160 Å². The van der Waals surface area contributed by atoms with E-state index in [4.69, 9.17) is 15.0 Å². The molecule has 0 spiro atoms. The number of ether oxygens (including phenoxy) is 1. The van der Waals surface area contributed by atoms with Gasteiger partial charge in [-0.2, -0.15) is 0 Å². The number of rotatable bonds is 4. The Morgan fingerprint density at radius 1 is 1.19 bits per heavy atom. The molecule has 3 rings (SSSR count). The van der Waals surface area contributed by atoms with Crippen LogP contribution in [0.4, 0.5) is 5.82 Å². The van der Waals surface area contributed by atoms with Crippen LogP contribution in [0.2, 0.25) is 0 Å². The fourth-order valence-corrected chi connectivity index (χ4v) is 4.00. The molecule has 3 heterocycles. The summed E-state index contributed by atoms with van der Waals surface area (Å²) in [5, 5.41) is 22.5. The van der Waals surface area contributed by atoms with Crippen LogP contribution in [0.5, 0.6) is 0 Å². The summed E-state index contributed by atoms with van der Waals surface area (Å²) in [7, 11) is 0. The van der Waals surface area contributed by atoms with E-state index < -0.39 is 35.9 Å². The zero-order chi connectivity index (χ0) is 20.5. The molecular formula is C14H22N5O6PS. The first-order chi connectivity index (χ1) is 12.2. The lowest BCUT2D eigenvalue weighted by atomic mass is 9.73. The van der Waals surface area contributed by atoms with Crippen molar-refractivity contribution in [2.75, 3.05) is 12.3 Å². The average Bonchev–Trinajstić information content (AvgIpc) is 3.01. The minimum atomic E-state index is -4.00. The number of imidazole rings is 1. The second-order valence-corrected chi connectivity index (χ2v) is 9.94. The lowest BCUT2D eigenvalue weighted by Crippen LogP contribution is -2.63. The quantitative estimate of drug-likeness (QED) is 0.409. The van der Waals surface area contributed by atoms with Gasteiger partial charge in [0.1, 0.15) is 28.6 Å². The van der Waals surface area contributed by atoms with E-state index in [1.165, 1.54) is 38.0 Å². The summed E-state index contributed by atoms with van der Waals surface area (Å²) in [5.74, 6) is 0.152. The van der Waals surface area contributed by atoms with Crippen molar-refractivity contribution in [1.29, 1.82) is 0 Å². The van der Waals surface area contributed by atoms with E-state index in [1.807, 2.05) is 0 Å². The highest BCUT2D eigenvalue weighted by Crippen LogP contribution is 2.56. The van der Waals surface area contributed by atoms with Gasteiger partial charge < -0.3 is 35.0 Å². The number of hydrogen-bond donors (Lipinski definition) is 5. The van der Waals surface area contributed by atoms with Crippen molar-refractivity contribution in [3.8, 4) is 0 Å². The third kappa shape index (κ3) is 2.79. The van der Waals surface area contributed by atoms with Gasteiger partial charge in [0, 0.05) is 0 Å². The maximum absolute atomic E-state index is 11.3. The molecular weight excluding hydrogens is 397 g/mol. The Bertz CT molecular complexity index is 945. The van der Waals surface area contributed by atoms with Gasteiger partial charge in [0.25, 0.3) is 0 Å². The summed E-state index contributed by atoms with van der Waals surface area (Å²) in [6.07, 6.45) is 2.62. The highest BCUT2D eigenvalue weighted by molar-refractivity contribution is 8.06. The molecule has 13 heteroatoms. The maximum atomic E-state index is 11.3. The molecule has 0 amide bonds. The summed E-state index contributed by atoms with van der Waals surface area (Å²) < 4.78 is 12.5. The first-order valence-corrected chi connectivity index (χ1v) is 10.6. The van der Waals surface area contributed by atoms with Gasteiger partial charge in [-0.25, -0.2) is 15.0 Å². The topological polar surface area (TPSA) is 169 Å². The fraction of sp³-hybridized carbons (Fsp3) is 0.643. The van der Waals surface area contributed by atoms with E-state index in [1.54, 1.807) is 6.92 Å². The third-order valence-electron chi connectivity index (χ3n) is 5.63. The Balaban J connectivity index is 2.14. The summed E-state index contributed by atoms with van der Waals surface area (Å²) in [6, 6.07) is 0. The van der Waals surface area contributed by atoms with E-state index >= 15 is 0 Å². The number of fused-ring (bicyclic) bond motifs is 1. The standard InChI is InChI=1S/C14H22N5O6PS/c1-11(5-24-26(22,23)27)12(2,20)13(3,21)14(4,25-11)19-7-18-8-9(15)16-6-17-10(8)19/h6-7,20-21H,5H2,1-4H3,(H2,15,16,17)(H2,22,23,27). The van der Waals surface area contributed by atoms with E-state index in [9.17, 15) is 20.0 Å². The summed E-state index contributed by atoms with van der Waals surface area (Å²) >= 11 is 4.47. The Morgan fingerprint density at radius 2 is 1.81 bits per heavy atom. The van der Waals surface area contributed by atoms with Gasteiger partial charge in [0.05, 0.1) is 12.9 Å². The molecule has 27 heavy (non-hydrogen) atoms. The van der Waals surface area contributed by atoms with Crippen LogP contribution in [0.25, 0.3) is 11.2 Å². The molecule has 0 bridgehead atoms. The summed E-state index contributed by atoms with van der Waals surface area (Å²) in [5.41, 5.74) is -0.496. The van der Waals surface area contributed by atoms with Crippen molar-refractivity contribution in [3.05, 3.63) is 12.7 Å². The van der Waals surface area contributed by atoms with Crippen LogP contribution in [-0.4, -0.2) is 62.9 Å². The van der Waals surface area contributed by atoms with Crippen molar-refractivity contribution >= 4 is 35.5 Å². The Morgan fingerprint density at radius 3 is 2.41 bits per heavy atom. The van der Waals surface area contributed by atoms with Gasteiger partial charge in [0.2, 0.25) is 0 Å². The number of nitrogen functional groups attached to an aromatic ring is 1. The van der Waals surface area contributed by atoms with Crippen molar-refractivity contribution < 1.29 is 29.3 Å². The van der Waals surface area contributed by atoms with Crippen molar-refractivity contribution in [2.24, 2.45) is 0 Å². The second-order valence-electron chi connectivity index (χ2n) is 7.27. The minimum Gasteiger partial charge on any atom is -0.384 e. The van der Waals surface area contributed by atoms with Gasteiger partial charge in [-0.15, -0.1) is 0 Å². The number of hydrogen-bond acceptors (Lipinski definition) is 9. The predicted molar refractivity (Wildman–Crippen MR) is 98.8 cm³/mol. The maximum Gasteiger partial charge on any atom is 0.321 e. The minimum absolute atomic E-state index is 0.152. The van der Waals surface area contributed by atoms with Crippen LogP contribution in [0.3, 0.4) is 0 Å². The number of nitrogens with two attached hydrogens (primary N) is 1. The number of aromatic nitrogens is 4. The average molecular weight is 419 g/mol. The number of anilines is 1. The molecule has 6 N–H and O–H groups in total. The molecule has 0 aliphatic carbocycles. The number of aliphatic hydroxyl groups is 2. The molecule has 2 aromatic heterocycles. The monoisotopic (exact) mass is 419 g/mol. The van der Waals surface area contributed by atoms with Gasteiger partial charge in [-0.1, -0.05) is 0 Å². The normalized spacial score (nSPS) is 37.2. The first-order valence-electron chi connectivity index (χ1n) is 7.95. The smallest absolute Gasteiger partial charge is 0.321 e. The van der Waals surface area contributed by atoms with Crippen molar-refractivity contribution in [1.82, 2.24) is 19.5 Å². The highest BCUT2D eigenvalue weighted by Gasteiger charge is 2.73. The Kier molecular flexibility index (Phi) is 4.46. The molecule has 150 valence electrons. The van der Waals surface area contributed by atoms with Gasteiger partial charge in [-0.05, 0) is 39.5 Å². The second kappa shape index (κ2) is 5.88. The molecule has 2 aromatic rings.